The minimum atomic E-state index is -4.59. The fraction of sp³-hybridized carbons (Fsp3) is 0.269. The third-order valence-electron chi connectivity index (χ3n) is 6.27. The van der Waals surface area contributed by atoms with Crippen molar-refractivity contribution in [1.82, 2.24) is 14.8 Å². The Morgan fingerprint density at radius 2 is 1.83 bits per heavy atom. The summed E-state index contributed by atoms with van der Waals surface area (Å²) in [6.45, 7) is 3.91. The normalized spacial score (nSPS) is 13.9. The molecule has 1 aliphatic carbocycles. The molecule has 0 radical (unpaired) electrons. The summed E-state index contributed by atoms with van der Waals surface area (Å²) in [6.07, 6.45) is -2.92. The van der Waals surface area contributed by atoms with Crippen molar-refractivity contribution in [3.8, 4) is 0 Å². The number of aromatic nitrogens is 3. The molecule has 0 bridgehead atoms. The van der Waals surface area contributed by atoms with E-state index in [2.05, 4.69) is 15.4 Å². The van der Waals surface area contributed by atoms with Crippen molar-refractivity contribution in [1.29, 1.82) is 0 Å². The highest BCUT2D eigenvalue weighted by Gasteiger charge is 2.35. The van der Waals surface area contributed by atoms with Crippen LogP contribution in [0, 0.1) is 19.7 Å². The molecule has 0 saturated heterocycles. The van der Waals surface area contributed by atoms with Gasteiger partial charge in [0.25, 0.3) is 5.91 Å². The monoisotopic (exact) mass is 482 g/mol. The van der Waals surface area contributed by atoms with Crippen molar-refractivity contribution >= 4 is 22.5 Å². The van der Waals surface area contributed by atoms with Gasteiger partial charge in [0.05, 0.1) is 40.3 Å². The number of para-hydroxylation sites is 1. The summed E-state index contributed by atoms with van der Waals surface area (Å²) >= 11 is 0. The zero-order chi connectivity index (χ0) is 24.9. The number of fused-ring (bicyclic) bond motifs is 1. The van der Waals surface area contributed by atoms with Crippen molar-refractivity contribution in [2.24, 2.45) is 0 Å². The van der Waals surface area contributed by atoms with Crippen LogP contribution in [0.4, 0.5) is 23.2 Å². The lowest BCUT2D eigenvalue weighted by molar-refractivity contribution is -0.136. The van der Waals surface area contributed by atoms with Crippen LogP contribution in [0.1, 0.15) is 57.3 Å². The molecule has 5 rings (SSSR count). The lowest BCUT2D eigenvalue weighted by atomic mass is 10.0. The number of pyridine rings is 1. The number of hydrogen-bond acceptors (Lipinski definition) is 3. The van der Waals surface area contributed by atoms with Gasteiger partial charge in [0.15, 0.2) is 0 Å². The van der Waals surface area contributed by atoms with E-state index in [-0.39, 0.29) is 28.2 Å². The maximum absolute atomic E-state index is 13.7. The smallest absolute Gasteiger partial charge is 0.319 e. The van der Waals surface area contributed by atoms with Crippen LogP contribution in [-0.2, 0) is 12.7 Å². The van der Waals surface area contributed by atoms with E-state index in [1.807, 2.05) is 0 Å². The lowest BCUT2D eigenvalue weighted by Gasteiger charge is -2.14. The summed E-state index contributed by atoms with van der Waals surface area (Å²) in [6, 6.07) is 11.4. The first-order valence-electron chi connectivity index (χ1n) is 11.2. The van der Waals surface area contributed by atoms with Crippen LogP contribution in [0.3, 0.4) is 0 Å². The molecule has 0 unspecified atom stereocenters. The van der Waals surface area contributed by atoms with Gasteiger partial charge < -0.3 is 5.32 Å². The maximum Gasteiger partial charge on any atom is 0.418 e. The number of amides is 1. The summed E-state index contributed by atoms with van der Waals surface area (Å²) in [5, 5.41) is 7.49. The molecule has 2 aromatic carbocycles. The number of aryl methyl sites for hydroxylation is 1. The van der Waals surface area contributed by atoms with Crippen LogP contribution in [0.25, 0.3) is 10.9 Å². The molecule has 1 aliphatic rings. The maximum atomic E-state index is 13.7. The number of alkyl halides is 3. The summed E-state index contributed by atoms with van der Waals surface area (Å²) in [7, 11) is 0. The standard InChI is InChI=1S/C26H22F4N4O/c1-14-23(15(2)34(33-14)13-16-6-10-18(27)11-7-16)32-25(35)20-12-22(17-8-9-17)31-24-19(20)4-3-5-21(24)26(28,29)30/h3-7,10-12,17H,8-9,13H2,1-2H3,(H,32,35). The molecule has 2 aromatic heterocycles. The zero-order valence-corrected chi connectivity index (χ0v) is 19.1. The Morgan fingerprint density at radius 3 is 2.49 bits per heavy atom. The summed E-state index contributed by atoms with van der Waals surface area (Å²) in [4.78, 5) is 17.7. The van der Waals surface area contributed by atoms with Crippen LogP contribution in [0.15, 0.2) is 48.5 Å². The van der Waals surface area contributed by atoms with Crippen molar-refractivity contribution in [3.63, 3.8) is 0 Å². The first-order chi connectivity index (χ1) is 16.6. The molecule has 180 valence electrons. The molecular weight excluding hydrogens is 460 g/mol. The first kappa shape index (κ1) is 23.0. The van der Waals surface area contributed by atoms with Crippen molar-refractivity contribution in [2.45, 2.75) is 45.3 Å². The molecular formula is C26H22F4N4O. The number of anilines is 1. The number of rotatable bonds is 5. The SMILES string of the molecule is Cc1nn(Cc2ccc(F)cc2)c(C)c1NC(=O)c1cc(C2CC2)nc2c(C(F)(F)F)cccc12. The number of carbonyl (C=O) groups is 1. The second-order valence-electron chi connectivity index (χ2n) is 8.85. The fourth-order valence-corrected chi connectivity index (χ4v) is 4.25. The number of carbonyl (C=O) groups excluding carboxylic acids is 1. The number of nitrogens with one attached hydrogen (secondary N) is 1. The van der Waals surface area contributed by atoms with Gasteiger partial charge in [-0.3, -0.25) is 14.5 Å². The fourth-order valence-electron chi connectivity index (χ4n) is 4.25. The van der Waals surface area contributed by atoms with Gasteiger partial charge in [-0.2, -0.15) is 18.3 Å². The van der Waals surface area contributed by atoms with Crippen LogP contribution >= 0.6 is 0 Å². The Morgan fingerprint density at radius 1 is 1.11 bits per heavy atom. The Kier molecular flexibility index (Phi) is 5.57. The van der Waals surface area contributed by atoms with Crippen molar-refractivity contribution in [2.75, 3.05) is 5.32 Å². The molecule has 2 heterocycles. The molecule has 1 N–H and O–H groups in total. The van der Waals surface area contributed by atoms with E-state index in [1.165, 1.54) is 24.3 Å². The quantitative estimate of drug-likeness (QED) is 0.336. The van der Waals surface area contributed by atoms with Crippen LogP contribution in [-0.4, -0.2) is 20.7 Å². The van der Waals surface area contributed by atoms with Gasteiger partial charge in [0, 0.05) is 17.0 Å². The summed E-state index contributed by atoms with van der Waals surface area (Å²) in [5.41, 5.74) is 2.14. The van der Waals surface area contributed by atoms with E-state index in [9.17, 15) is 22.4 Å². The predicted molar refractivity (Wildman–Crippen MR) is 124 cm³/mol. The number of nitrogens with zero attached hydrogens (tertiary/aromatic N) is 3. The molecule has 5 nitrogen and oxygen atoms in total. The van der Waals surface area contributed by atoms with Gasteiger partial charge in [-0.25, -0.2) is 4.39 Å². The highest BCUT2D eigenvalue weighted by molar-refractivity contribution is 6.13. The average Bonchev–Trinajstić information content (AvgIpc) is 3.63. The van der Waals surface area contributed by atoms with Gasteiger partial charge in [-0.1, -0.05) is 24.3 Å². The zero-order valence-electron chi connectivity index (χ0n) is 19.1. The molecule has 1 fully saturated rings. The second kappa shape index (κ2) is 8.48. The molecule has 0 spiro atoms. The molecule has 1 saturated carbocycles. The topological polar surface area (TPSA) is 59.8 Å². The molecule has 4 aromatic rings. The van der Waals surface area contributed by atoms with Crippen molar-refractivity contribution < 1.29 is 22.4 Å². The van der Waals surface area contributed by atoms with E-state index < -0.39 is 17.6 Å². The summed E-state index contributed by atoms with van der Waals surface area (Å²) in [5.74, 6) is -0.792. The molecule has 1 amide bonds. The van der Waals surface area contributed by atoms with Gasteiger partial charge in [-0.15, -0.1) is 0 Å². The Balaban J connectivity index is 1.52. The Labute approximate surface area is 198 Å². The van der Waals surface area contributed by atoms with Gasteiger partial charge >= 0.3 is 6.18 Å². The van der Waals surface area contributed by atoms with Crippen LogP contribution in [0.5, 0.6) is 0 Å². The molecule has 35 heavy (non-hydrogen) atoms. The highest BCUT2D eigenvalue weighted by atomic mass is 19.4. The number of benzene rings is 2. The van der Waals surface area contributed by atoms with Gasteiger partial charge in [0.2, 0.25) is 0 Å². The minimum absolute atomic E-state index is 0.0640. The number of halogens is 4. The van der Waals surface area contributed by atoms with E-state index >= 15 is 0 Å². The molecule has 0 atom stereocenters. The third kappa shape index (κ3) is 4.50. The second-order valence-corrected chi connectivity index (χ2v) is 8.85. The van der Waals surface area contributed by atoms with E-state index in [0.29, 0.717) is 29.3 Å². The van der Waals surface area contributed by atoms with Gasteiger partial charge in [-0.05, 0) is 56.5 Å². The number of hydrogen-bond donors (Lipinski definition) is 1. The molecule has 0 aliphatic heterocycles. The van der Waals surface area contributed by atoms with E-state index in [0.717, 1.165) is 24.5 Å². The first-order valence-corrected chi connectivity index (χ1v) is 11.2. The van der Waals surface area contributed by atoms with E-state index in [4.69, 9.17) is 0 Å². The third-order valence-corrected chi connectivity index (χ3v) is 6.27. The largest absolute Gasteiger partial charge is 0.418 e. The highest BCUT2D eigenvalue weighted by Crippen LogP contribution is 2.42. The summed E-state index contributed by atoms with van der Waals surface area (Å²) < 4.78 is 56.0. The van der Waals surface area contributed by atoms with Gasteiger partial charge in [0.1, 0.15) is 5.82 Å². The molecule has 9 heteroatoms. The Bertz CT molecular complexity index is 1440. The average molecular weight is 482 g/mol. The lowest BCUT2D eigenvalue weighted by Crippen LogP contribution is -2.16. The van der Waals surface area contributed by atoms with Crippen LogP contribution in [0.2, 0.25) is 0 Å². The Hall–Kier alpha value is -3.75. The van der Waals surface area contributed by atoms with E-state index in [1.54, 1.807) is 36.7 Å². The minimum Gasteiger partial charge on any atom is -0.319 e. The predicted octanol–water partition coefficient (Wildman–Crippen LogP) is 6.38. The van der Waals surface area contributed by atoms with Crippen molar-refractivity contribution in [3.05, 3.63) is 88.1 Å². The van der Waals surface area contributed by atoms with Crippen LogP contribution < -0.4 is 5.32 Å².